The highest BCUT2D eigenvalue weighted by Gasteiger charge is 2.45. The molecule has 1 saturated carbocycles. The Morgan fingerprint density at radius 3 is 2.68 bits per heavy atom. The summed E-state index contributed by atoms with van der Waals surface area (Å²) in [5.41, 5.74) is 1.28. The first kappa shape index (κ1) is 17.9. The van der Waals surface area contributed by atoms with E-state index < -0.39 is 5.54 Å². The summed E-state index contributed by atoms with van der Waals surface area (Å²) in [6.07, 6.45) is 3.78. The van der Waals surface area contributed by atoms with Gasteiger partial charge in [0.15, 0.2) is 5.82 Å². The van der Waals surface area contributed by atoms with Crippen molar-refractivity contribution >= 4 is 17.5 Å². The molecule has 3 rings (SSSR count). The first-order valence-electron chi connectivity index (χ1n) is 8.65. The van der Waals surface area contributed by atoms with Crippen LogP contribution in [0.3, 0.4) is 0 Å². The van der Waals surface area contributed by atoms with Crippen molar-refractivity contribution in [3.05, 3.63) is 34.6 Å². The highest BCUT2D eigenvalue weighted by Crippen LogP contribution is 2.43. The fraction of sp³-hybridized carbons (Fsp3) is 0.556. The third kappa shape index (κ3) is 3.03. The Morgan fingerprint density at radius 2 is 2.04 bits per heavy atom. The molecule has 0 spiro atoms. The SMILES string of the molecule is CC(=O)N(C)C1(c2nnnn2-c2cccc(Cl)c2C)CCC(C)CC1. The Balaban J connectivity index is 2.14. The average molecular weight is 362 g/mol. The van der Waals surface area contributed by atoms with Crippen LogP contribution < -0.4 is 0 Å². The molecule has 7 heteroatoms. The standard InChI is InChI=1S/C18H24ClN5O/c1-12-8-10-18(11-9-12,23(4)14(3)25)17-20-21-22-24(17)16-7-5-6-15(19)13(16)2/h5-7,12H,8-11H2,1-4H3. The van der Waals surface area contributed by atoms with Crippen molar-refractivity contribution in [3.63, 3.8) is 0 Å². The maximum absolute atomic E-state index is 12.2. The molecule has 1 amide bonds. The molecule has 0 aliphatic heterocycles. The van der Waals surface area contributed by atoms with Gasteiger partial charge in [0.2, 0.25) is 5.91 Å². The second-order valence-electron chi connectivity index (χ2n) is 7.09. The second kappa shape index (κ2) is 6.75. The van der Waals surface area contributed by atoms with E-state index in [1.165, 1.54) is 0 Å². The Kier molecular flexibility index (Phi) is 4.82. The molecule has 0 N–H and O–H groups in total. The molecule has 1 fully saturated rings. The first-order chi connectivity index (χ1) is 11.9. The lowest BCUT2D eigenvalue weighted by molar-refractivity contribution is -0.136. The summed E-state index contributed by atoms with van der Waals surface area (Å²) in [5, 5.41) is 13.2. The van der Waals surface area contributed by atoms with E-state index in [-0.39, 0.29) is 5.91 Å². The largest absolute Gasteiger partial charge is 0.333 e. The van der Waals surface area contributed by atoms with Crippen molar-refractivity contribution in [2.24, 2.45) is 5.92 Å². The smallest absolute Gasteiger partial charge is 0.220 e. The lowest BCUT2D eigenvalue weighted by Crippen LogP contribution is -2.50. The van der Waals surface area contributed by atoms with Crippen LogP contribution >= 0.6 is 11.6 Å². The Labute approximate surface area is 153 Å². The number of hydrogen-bond donors (Lipinski definition) is 0. The van der Waals surface area contributed by atoms with E-state index in [1.807, 2.05) is 32.2 Å². The fourth-order valence-corrected chi connectivity index (χ4v) is 3.88. The van der Waals surface area contributed by atoms with Crippen molar-refractivity contribution in [1.29, 1.82) is 0 Å². The highest BCUT2D eigenvalue weighted by atomic mass is 35.5. The lowest BCUT2D eigenvalue weighted by Gasteiger charge is -2.44. The predicted molar refractivity (Wildman–Crippen MR) is 96.7 cm³/mol. The van der Waals surface area contributed by atoms with Crippen LogP contribution in [0.5, 0.6) is 0 Å². The Morgan fingerprint density at radius 1 is 1.36 bits per heavy atom. The molecule has 0 unspecified atom stereocenters. The van der Waals surface area contributed by atoms with E-state index in [0.29, 0.717) is 16.8 Å². The number of benzene rings is 1. The first-order valence-corrected chi connectivity index (χ1v) is 9.03. The van der Waals surface area contributed by atoms with Crippen molar-refractivity contribution in [2.75, 3.05) is 7.05 Å². The number of amides is 1. The Bertz CT molecular complexity index is 780. The molecular formula is C18H24ClN5O. The van der Waals surface area contributed by atoms with Crippen LogP contribution in [-0.2, 0) is 10.3 Å². The molecule has 25 heavy (non-hydrogen) atoms. The molecule has 6 nitrogen and oxygen atoms in total. The van der Waals surface area contributed by atoms with Gasteiger partial charge >= 0.3 is 0 Å². The van der Waals surface area contributed by atoms with E-state index in [0.717, 1.165) is 36.9 Å². The monoisotopic (exact) mass is 361 g/mol. The maximum atomic E-state index is 12.2. The molecule has 0 atom stereocenters. The minimum absolute atomic E-state index is 0.0203. The third-order valence-corrected chi connectivity index (χ3v) is 5.98. The van der Waals surface area contributed by atoms with Crippen LogP contribution in [0, 0.1) is 12.8 Å². The zero-order valence-corrected chi connectivity index (χ0v) is 15.9. The van der Waals surface area contributed by atoms with E-state index in [9.17, 15) is 4.79 Å². The van der Waals surface area contributed by atoms with Crippen molar-refractivity contribution in [3.8, 4) is 5.69 Å². The van der Waals surface area contributed by atoms with Gasteiger partial charge in [-0.25, -0.2) is 0 Å². The fourth-order valence-electron chi connectivity index (χ4n) is 3.72. The number of carbonyl (C=O) groups excluding carboxylic acids is 1. The summed E-state index contributed by atoms with van der Waals surface area (Å²) in [4.78, 5) is 14.0. The van der Waals surface area contributed by atoms with Crippen molar-refractivity contribution in [2.45, 2.75) is 52.0 Å². The summed E-state index contributed by atoms with van der Waals surface area (Å²) < 4.78 is 1.75. The summed E-state index contributed by atoms with van der Waals surface area (Å²) in [5.74, 6) is 1.38. The van der Waals surface area contributed by atoms with Gasteiger partial charge in [0, 0.05) is 19.0 Å². The number of hydrogen-bond acceptors (Lipinski definition) is 4. The third-order valence-electron chi connectivity index (χ3n) is 5.57. The van der Waals surface area contributed by atoms with Crippen LogP contribution in [0.1, 0.15) is 50.9 Å². The molecule has 2 aromatic rings. The van der Waals surface area contributed by atoms with Crippen molar-refractivity contribution in [1.82, 2.24) is 25.1 Å². The number of halogens is 1. The zero-order valence-electron chi connectivity index (χ0n) is 15.2. The minimum atomic E-state index is -0.489. The van der Waals surface area contributed by atoms with Gasteiger partial charge in [-0.1, -0.05) is 24.6 Å². The summed E-state index contributed by atoms with van der Waals surface area (Å²) in [6, 6.07) is 5.69. The van der Waals surface area contributed by atoms with E-state index in [4.69, 9.17) is 11.6 Å². The molecule has 1 heterocycles. The molecule has 0 saturated heterocycles. The molecular weight excluding hydrogens is 338 g/mol. The zero-order chi connectivity index (χ0) is 18.2. The molecule has 0 bridgehead atoms. The Hall–Kier alpha value is -1.95. The van der Waals surface area contributed by atoms with Crippen molar-refractivity contribution < 1.29 is 4.79 Å². The van der Waals surface area contributed by atoms with E-state index in [1.54, 1.807) is 16.5 Å². The molecule has 0 radical (unpaired) electrons. The van der Waals surface area contributed by atoms with Crippen LogP contribution in [0.25, 0.3) is 5.69 Å². The van der Waals surface area contributed by atoms with Gasteiger partial charge < -0.3 is 4.90 Å². The molecule has 1 aromatic carbocycles. The predicted octanol–water partition coefficient (Wildman–Crippen LogP) is 3.51. The number of aromatic nitrogens is 4. The summed E-state index contributed by atoms with van der Waals surface area (Å²) in [6.45, 7) is 5.80. The molecule has 1 aromatic heterocycles. The maximum Gasteiger partial charge on any atom is 0.220 e. The van der Waals surface area contributed by atoms with Gasteiger partial charge in [0.25, 0.3) is 0 Å². The van der Waals surface area contributed by atoms with Crippen LogP contribution in [0.15, 0.2) is 18.2 Å². The van der Waals surface area contributed by atoms with Gasteiger partial charge in [-0.15, -0.1) is 5.10 Å². The number of tetrazole rings is 1. The normalized spacial score (nSPS) is 23.5. The summed E-state index contributed by atoms with van der Waals surface area (Å²) in [7, 11) is 1.85. The van der Waals surface area contributed by atoms with Crippen LogP contribution in [0.4, 0.5) is 0 Å². The molecule has 134 valence electrons. The lowest BCUT2D eigenvalue weighted by atomic mass is 9.75. The number of nitrogens with zero attached hydrogens (tertiary/aromatic N) is 5. The van der Waals surface area contributed by atoms with Gasteiger partial charge in [0.05, 0.1) is 5.69 Å². The van der Waals surface area contributed by atoms with Gasteiger partial charge in [-0.05, 0) is 66.6 Å². The topological polar surface area (TPSA) is 63.9 Å². The highest BCUT2D eigenvalue weighted by molar-refractivity contribution is 6.31. The quantitative estimate of drug-likeness (QED) is 0.839. The summed E-state index contributed by atoms with van der Waals surface area (Å²) >= 11 is 6.29. The van der Waals surface area contributed by atoms with Gasteiger partial charge in [-0.2, -0.15) is 4.68 Å². The minimum Gasteiger partial charge on any atom is -0.333 e. The molecule has 1 aliphatic rings. The number of rotatable bonds is 3. The second-order valence-corrected chi connectivity index (χ2v) is 7.50. The van der Waals surface area contributed by atoms with Crippen LogP contribution in [-0.4, -0.2) is 38.1 Å². The molecule has 1 aliphatic carbocycles. The van der Waals surface area contributed by atoms with Gasteiger partial charge in [-0.3, -0.25) is 4.79 Å². The number of carbonyl (C=O) groups is 1. The average Bonchev–Trinajstić information content (AvgIpc) is 3.07. The van der Waals surface area contributed by atoms with Crippen LogP contribution in [0.2, 0.25) is 5.02 Å². The van der Waals surface area contributed by atoms with E-state index in [2.05, 4.69) is 22.4 Å². The van der Waals surface area contributed by atoms with Gasteiger partial charge in [0.1, 0.15) is 5.54 Å². The van der Waals surface area contributed by atoms with E-state index >= 15 is 0 Å².